The second-order valence-electron chi connectivity index (χ2n) is 2.81. The lowest BCUT2D eigenvalue weighted by atomic mass is 10.3. The van der Waals surface area contributed by atoms with E-state index in [4.69, 9.17) is 5.11 Å². The fraction of sp³-hybridized carbons (Fsp3) is 0.625. The predicted molar refractivity (Wildman–Crippen MR) is 44.1 cm³/mol. The van der Waals surface area contributed by atoms with Gasteiger partial charge in [0.2, 0.25) is 5.91 Å². The number of carbonyl (C=O) groups is 1. The normalized spacial score (nSPS) is 12.0. The van der Waals surface area contributed by atoms with Crippen molar-refractivity contribution in [2.24, 2.45) is 0 Å². The first kappa shape index (κ1) is 10.2. The average Bonchev–Trinajstić information content (AvgIpc) is 1.85. The van der Waals surface area contributed by atoms with Gasteiger partial charge >= 0.3 is 0 Å². The van der Waals surface area contributed by atoms with Gasteiger partial charge in [-0.25, -0.2) is 0 Å². The molecule has 3 heteroatoms. The van der Waals surface area contributed by atoms with Crippen LogP contribution in [0.3, 0.4) is 0 Å². The van der Waals surface area contributed by atoms with Crippen molar-refractivity contribution < 1.29 is 9.90 Å². The van der Waals surface area contributed by atoms with Crippen LogP contribution in [0.15, 0.2) is 11.6 Å². The molecule has 0 aromatic rings. The fourth-order valence-electron chi connectivity index (χ4n) is 0.592. The standard InChI is InChI=1S/C8H15NO2/c1-6(2)4-8(11)9-7(3)5-10/h4,7,10H,5H2,1-3H3,(H,9,11)/t7-/m0/s1. The molecule has 3 nitrogen and oxygen atoms in total. The molecule has 11 heavy (non-hydrogen) atoms. The molecular formula is C8H15NO2. The van der Waals surface area contributed by atoms with Crippen molar-refractivity contribution in [3.63, 3.8) is 0 Å². The lowest BCUT2D eigenvalue weighted by Crippen LogP contribution is -2.33. The first-order chi connectivity index (χ1) is 5.06. The smallest absolute Gasteiger partial charge is 0.244 e. The molecular weight excluding hydrogens is 142 g/mol. The summed E-state index contributed by atoms with van der Waals surface area (Å²) in [6.07, 6.45) is 1.51. The van der Waals surface area contributed by atoms with E-state index in [9.17, 15) is 4.79 Å². The van der Waals surface area contributed by atoms with Gasteiger partial charge in [0.05, 0.1) is 6.61 Å². The molecule has 1 amide bonds. The summed E-state index contributed by atoms with van der Waals surface area (Å²) < 4.78 is 0. The van der Waals surface area contributed by atoms with Crippen LogP contribution in [0.2, 0.25) is 0 Å². The SMILES string of the molecule is CC(C)=CC(=O)N[C@@H](C)CO. The highest BCUT2D eigenvalue weighted by molar-refractivity contribution is 5.88. The topological polar surface area (TPSA) is 49.3 Å². The van der Waals surface area contributed by atoms with Gasteiger partial charge in [0.15, 0.2) is 0 Å². The van der Waals surface area contributed by atoms with Crippen LogP contribution in [-0.2, 0) is 4.79 Å². The van der Waals surface area contributed by atoms with Crippen LogP contribution in [0.1, 0.15) is 20.8 Å². The maximum Gasteiger partial charge on any atom is 0.244 e. The molecule has 1 atom stereocenters. The number of nitrogens with one attached hydrogen (secondary N) is 1. The predicted octanol–water partition coefficient (Wildman–Crippen LogP) is 0.450. The maximum absolute atomic E-state index is 10.9. The minimum atomic E-state index is -0.168. The molecule has 0 saturated carbocycles. The van der Waals surface area contributed by atoms with E-state index in [1.165, 1.54) is 6.08 Å². The zero-order valence-electron chi connectivity index (χ0n) is 7.22. The molecule has 0 unspecified atom stereocenters. The second kappa shape index (κ2) is 4.91. The summed E-state index contributed by atoms with van der Waals surface area (Å²) in [5.41, 5.74) is 0.952. The molecule has 0 spiro atoms. The van der Waals surface area contributed by atoms with Crippen molar-refractivity contribution in [2.45, 2.75) is 26.8 Å². The maximum atomic E-state index is 10.9. The fourth-order valence-corrected chi connectivity index (χ4v) is 0.592. The number of rotatable bonds is 3. The van der Waals surface area contributed by atoms with Crippen molar-refractivity contribution in [1.29, 1.82) is 0 Å². The highest BCUT2D eigenvalue weighted by atomic mass is 16.3. The molecule has 0 bridgehead atoms. The first-order valence-electron chi connectivity index (χ1n) is 3.62. The Kier molecular flexibility index (Phi) is 4.54. The van der Waals surface area contributed by atoms with E-state index in [2.05, 4.69) is 5.32 Å². The molecule has 0 aromatic carbocycles. The van der Waals surface area contributed by atoms with Crippen molar-refractivity contribution in [1.82, 2.24) is 5.32 Å². The van der Waals surface area contributed by atoms with Crippen LogP contribution in [0.25, 0.3) is 0 Å². The number of hydrogen-bond acceptors (Lipinski definition) is 2. The Morgan fingerprint density at radius 3 is 2.55 bits per heavy atom. The summed E-state index contributed by atoms with van der Waals surface area (Å²) in [6.45, 7) is 5.42. The third-order valence-electron chi connectivity index (χ3n) is 1.08. The minimum absolute atomic E-state index is 0.0255. The molecule has 0 radical (unpaired) electrons. The summed E-state index contributed by atoms with van der Waals surface area (Å²) in [5.74, 6) is -0.147. The van der Waals surface area contributed by atoms with Gasteiger partial charge in [-0.1, -0.05) is 5.57 Å². The van der Waals surface area contributed by atoms with Crippen LogP contribution in [0.4, 0.5) is 0 Å². The molecule has 0 aliphatic carbocycles. The van der Waals surface area contributed by atoms with Gasteiger partial charge in [-0.3, -0.25) is 4.79 Å². The number of allylic oxidation sites excluding steroid dienone is 1. The van der Waals surface area contributed by atoms with Crippen molar-refractivity contribution in [3.8, 4) is 0 Å². The Balaban J connectivity index is 3.79. The molecule has 0 aliphatic rings. The highest BCUT2D eigenvalue weighted by Gasteiger charge is 2.01. The quantitative estimate of drug-likeness (QED) is 0.584. The molecule has 0 rings (SSSR count). The van der Waals surface area contributed by atoms with Crippen LogP contribution in [0, 0.1) is 0 Å². The third kappa shape index (κ3) is 5.61. The van der Waals surface area contributed by atoms with E-state index in [0.29, 0.717) is 0 Å². The van der Waals surface area contributed by atoms with Gasteiger partial charge in [0.1, 0.15) is 0 Å². The monoisotopic (exact) mass is 157 g/mol. The van der Waals surface area contributed by atoms with Crippen molar-refractivity contribution >= 4 is 5.91 Å². The summed E-state index contributed by atoms with van der Waals surface area (Å²) in [7, 11) is 0. The first-order valence-corrected chi connectivity index (χ1v) is 3.62. The van der Waals surface area contributed by atoms with E-state index in [1.54, 1.807) is 6.92 Å². The summed E-state index contributed by atoms with van der Waals surface area (Å²) >= 11 is 0. The summed E-state index contributed by atoms with van der Waals surface area (Å²) in [5, 5.41) is 11.2. The Labute approximate surface area is 67.1 Å². The van der Waals surface area contributed by atoms with Crippen LogP contribution in [0.5, 0.6) is 0 Å². The van der Waals surface area contributed by atoms with Gasteiger partial charge in [0, 0.05) is 12.1 Å². The van der Waals surface area contributed by atoms with E-state index >= 15 is 0 Å². The number of aliphatic hydroxyl groups is 1. The molecule has 64 valence electrons. The largest absolute Gasteiger partial charge is 0.394 e. The molecule has 0 heterocycles. The number of amides is 1. The molecule has 0 fully saturated rings. The van der Waals surface area contributed by atoms with E-state index < -0.39 is 0 Å². The average molecular weight is 157 g/mol. The zero-order valence-corrected chi connectivity index (χ0v) is 7.22. The van der Waals surface area contributed by atoms with Crippen molar-refractivity contribution in [2.75, 3.05) is 6.61 Å². The zero-order chi connectivity index (χ0) is 8.85. The van der Waals surface area contributed by atoms with E-state index in [1.807, 2.05) is 13.8 Å². The van der Waals surface area contributed by atoms with Gasteiger partial charge in [-0.05, 0) is 20.8 Å². The Morgan fingerprint density at radius 2 is 2.18 bits per heavy atom. The number of aliphatic hydroxyl groups excluding tert-OH is 1. The number of hydrogen-bond donors (Lipinski definition) is 2. The number of carbonyl (C=O) groups excluding carboxylic acids is 1. The summed E-state index contributed by atoms with van der Waals surface area (Å²) in [4.78, 5) is 10.9. The van der Waals surface area contributed by atoms with E-state index in [-0.39, 0.29) is 18.6 Å². The Bertz CT molecular complexity index is 159. The molecule has 0 aromatic heterocycles. The molecule has 2 N–H and O–H groups in total. The third-order valence-corrected chi connectivity index (χ3v) is 1.08. The Morgan fingerprint density at radius 1 is 1.64 bits per heavy atom. The Hall–Kier alpha value is -0.830. The van der Waals surface area contributed by atoms with Gasteiger partial charge < -0.3 is 10.4 Å². The van der Waals surface area contributed by atoms with Gasteiger partial charge in [0.25, 0.3) is 0 Å². The lowest BCUT2D eigenvalue weighted by molar-refractivity contribution is -0.117. The van der Waals surface area contributed by atoms with Crippen molar-refractivity contribution in [3.05, 3.63) is 11.6 Å². The van der Waals surface area contributed by atoms with E-state index in [0.717, 1.165) is 5.57 Å². The molecule has 0 saturated heterocycles. The second-order valence-corrected chi connectivity index (χ2v) is 2.81. The molecule has 0 aliphatic heterocycles. The van der Waals surface area contributed by atoms with Crippen LogP contribution < -0.4 is 5.32 Å². The van der Waals surface area contributed by atoms with Crippen LogP contribution >= 0.6 is 0 Å². The summed E-state index contributed by atoms with van der Waals surface area (Å²) in [6, 6.07) is -0.168. The highest BCUT2D eigenvalue weighted by Crippen LogP contribution is 1.88. The van der Waals surface area contributed by atoms with Gasteiger partial charge in [-0.15, -0.1) is 0 Å². The van der Waals surface area contributed by atoms with Crippen LogP contribution in [-0.4, -0.2) is 23.7 Å². The minimum Gasteiger partial charge on any atom is -0.394 e. The lowest BCUT2D eigenvalue weighted by Gasteiger charge is -2.07. The van der Waals surface area contributed by atoms with Gasteiger partial charge in [-0.2, -0.15) is 0 Å².